The van der Waals surface area contributed by atoms with Gasteiger partial charge in [-0.2, -0.15) is 4.98 Å². The van der Waals surface area contributed by atoms with Crippen LogP contribution in [0.1, 0.15) is 32.2 Å². The molecule has 0 aliphatic heterocycles. The van der Waals surface area contributed by atoms with Gasteiger partial charge in [0.2, 0.25) is 5.82 Å². The Kier molecular flexibility index (Phi) is 2.98. The predicted molar refractivity (Wildman–Crippen MR) is 64.4 cm³/mol. The fourth-order valence-electron chi connectivity index (χ4n) is 1.56. The number of aliphatic hydroxyl groups is 1. The Hall–Kier alpha value is -1.68. The second kappa shape index (κ2) is 4.30. The summed E-state index contributed by atoms with van der Waals surface area (Å²) in [4.78, 5) is 4.06. The summed E-state index contributed by atoms with van der Waals surface area (Å²) < 4.78 is 4.85. The van der Waals surface area contributed by atoms with Gasteiger partial charge in [0.1, 0.15) is 6.61 Å². The molecule has 4 nitrogen and oxygen atoms in total. The normalized spacial score (nSPS) is 11.8. The minimum atomic E-state index is -0.229. The van der Waals surface area contributed by atoms with Gasteiger partial charge < -0.3 is 9.63 Å². The Morgan fingerprint density at radius 1 is 1.18 bits per heavy atom. The van der Waals surface area contributed by atoms with E-state index in [2.05, 4.69) is 43.0 Å². The van der Waals surface area contributed by atoms with Crippen LogP contribution in [-0.2, 0) is 12.0 Å². The van der Waals surface area contributed by atoms with Crippen molar-refractivity contribution >= 4 is 0 Å². The molecule has 90 valence electrons. The third kappa shape index (κ3) is 2.53. The van der Waals surface area contributed by atoms with Crippen LogP contribution in [0.15, 0.2) is 28.8 Å². The van der Waals surface area contributed by atoms with Gasteiger partial charge in [-0.25, -0.2) is 0 Å². The van der Waals surface area contributed by atoms with E-state index in [4.69, 9.17) is 9.63 Å². The van der Waals surface area contributed by atoms with Gasteiger partial charge in [0, 0.05) is 5.56 Å². The Morgan fingerprint density at radius 2 is 1.82 bits per heavy atom. The van der Waals surface area contributed by atoms with E-state index in [1.807, 2.05) is 12.1 Å². The third-order valence-corrected chi connectivity index (χ3v) is 2.61. The highest BCUT2D eigenvalue weighted by molar-refractivity contribution is 5.55. The van der Waals surface area contributed by atoms with Crippen LogP contribution in [0.4, 0.5) is 0 Å². The molecule has 2 rings (SSSR count). The number of benzene rings is 1. The summed E-state index contributed by atoms with van der Waals surface area (Å²) >= 11 is 0. The molecule has 0 spiro atoms. The Bertz CT molecular complexity index is 495. The first-order valence-electron chi connectivity index (χ1n) is 5.55. The Labute approximate surface area is 100 Å². The largest absolute Gasteiger partial charge is 0.387 e. The number of rotatable bonds is 2. The second-order valence-corrected chi connectivity index (χ2v) is 5.00. The molecule has 1 N–H and O–H groups in total. The average molecular weight is 232 g/mol. The van der Waals surface area contributed by atoms with Gasteiger partial charge in [0.05, 0.1) is 0 Å². The minimum absolute atomic E-state index is 0.131. The first kappa shape index (κ1) is 11.8. The lowest BCUT2D eigenvalue weighted by Gasteiger charge is -2.18. The molecule has 0 atom stereocenters. The van der Waals surface area contributed by atoms with E-state index in [0.29, 0.717) is 5.82 Å². The zero-order valence-electron chi connectivity index (χ0n) is 10.3. The highest BCUT2D eigenvalue weighted by Gasteiger charge is 2.14. The molecule has 1 heterocycles. The maximum atomic E-state index is 8.85. The molecular weight excluding hydrogens is 216 g/mol. The smallest absolute Gasteiger partial charge is 0.252 e. The third-order valence-electron chi connectivity index (χ3n) is 2.61. The maximum Gasteiger partial charge on any atom is 0.252 e. The number of hydrogen-bond donors (Lipinski definition) is 1. The van der Waals surface area contributed by atoms with Gasteiger partial charge in [-0.05, 0) is 11.0 Å². The van der Waals surface area contributed by atoms with Crippen LogP contribution >= 0.6 is 0 Å². The molecule has 1 aromatic carbocycles. The average Bonchev–Trinajstić information content (AvgIpc) is 2.76. The highest BCUT2D eigenvalue weighted by Crippen LogP contribution is 2.24. The standard InChI is InChI=1S/C13H16N2O2/c1-13(2,3)10-6-4-9(5-7-10)12-14-11(8-16)17-15-12/h4-7,16H,8H2,1-3H3. The molecule has 17 heavy (non-hydrogen) atoms. The van der Waals surface area contributed by atoms with Crippen LogP contribution in [0.5, 0.6) is 0 Å². The Morgan fingerprint density at radius 3 is 2.29 bits per heavy atom. The van der Waals surface area contributed by atoms with Gasteiger partial charge in [-0.1, -0.05) is 50.2 Å². The maximum absolute atomic E-state index is 8.85. The van der Waals surface area contributed by atoms with Gasteiger partial charge in [0.25, 0.3) is 5.89 Å². The van der Waals surface area contributed by atoms with Crippen molar-refractivity contribution in [3.8, 4) is 11.4 Å². The highest BCUT2D eigenvalue weighted by atomic mass is 16.5. The fourth-order valence-corrected chi connectivity index (χ4v) is 1.56. The van der Waals surface area contributed by atoms with E-state index in [1.165, 1.54) is 5.56 Å². The number of nitrogens with zero attached hydrogens (tertiary/aromatic N) is 2. The fraction of sp³-hybridized carbons (Fsp3) is 0.385. The van der Waals surface area contributed by atoms with E-state index < -0.39 is 0 Å². The molecule has 0 aliphatic rings. The summed E-state index contributed by atoms with van der Waals surface area (Å²) in [7, 11) is 0. The van der Waals surface area contributed by atoms with E-state index in [-0.39, 0.29) is 17.9 Å². The number of hydrogen-bond acceptors (Lipinski definition) is 4. The van der Waals surface area contributed by atoms with Crippen LogP contribution in [0.3, 0.4) is 0 Å². The minimum Gasteiger partial charge on any atom is -0.387 e. The van der Waals surface area contributed by atoms with Crippen molar-refractivity contribution in [2.75, 3.05) is 0 Å². The molecule has 4 heteroatoms. The van der Waals surface area contributed by atoms with Gasteiger partial charge in [0.15, 0.2) is 0 Å². The molecule has 0 aliphatic carbocycles. The molecule has 0 bridgehead atoms. The quantitative estimate of drug-likeness (QED) is 0.864. The lowest BCUT2D eigenvalue weighted by atomic mass is 9.87. The van der Waals surface area contributed by atoms with E-state index in [9.17, 15) is 0 Å². The van der Waals surface area contributed by atoms with E-state index in [1.54, 1.807) is 0 Å². The van der Waals surface area contributed by atoms with Crippen LogP contribution < -0.4 is 0 Å². The lowest BCUT2D eigenvalue weighted by molar-refractivity contribution is 0.222. The van der Waals surface area contributed by atoms with Gasteiger partial charge in [-0.15, -0.1) is 0 Å². The predicted octanol–water partition coefficient (Wildman–Crippen LogP) is 2.53. The van der Waals surface area contributed by atoms with Crippen molar-refractivity contribution < 1.29 is 9.63 Å². The summed E-state index contributed by atoms with van der Waals surface area (Å²) in [5.41, 5.74) is 2.28. The molecule has 0 amide bonds. The first-order chi connectivity index (χ1) is 8.00. The molecule has 2 aromatic rings. The molecule has 0 unspecified atom stereocenters. The van der Waals surface area contributed by atoms with Gasteiger partial charge in [-0.3, -0.25) is 0 Å². The van der Waals surface area contributed by atoms with Crippen molar-refractivity contribution in [1.82, 2.24) is 10.1 Å². The molecular formula is C13H16N2O2. The monoisotopic (exact) mass is 232 g/mol. The van der Waals surface area contributed by atoms with Crippen LogP contribution in [0.25, 0.3) is 11.4 Å². The SMILES string of the molecule is CC(C)(C)c1ccc(-c2noc(CO)n2)cc1. The second-order valence-electron chi connectivity index (χ2n) is 5.00. The summed E-state index contributed by atoms with van der Waals surface area (Å²) in [5, 5.41) is 12.7. The summed E-state index contributed by atoms with van der Waals surface area (Å²) in [6.07, 6.45) is 0. The zero-order valence-corrected chi connectivity index (χ0v) is 10.3. The first-order valence-corrected chi connectivity index (χ1v) is 5.55. The van der Waals surface area contributed by atoms with Crippen LogP contribution in [0, 0.1) is 0 Å². The lowest BCUT2D eigenvalue weighted by Crippen LogP contribution is -2.10. The van der Waals surface area contributed by atoms with Crippen LogP contribution in [-0.4, -0.2) is 15.2 Å². The topological polar surface area (TPSA) is 59.2 Å². The van der Waals surface area contributed by atoms with Crippen molar-refractivity contribution in [3.63, 3.8) is 0 Å². The zero-order chi connectivity index (χ0) is 12.5. The van der Waals surface area contributed by atoms with Crippen molar-refractivity contribution in [1.29, 1.82) is 0 Å². The van der Waals surface area contributed by atoms with Crippen molar-refractivity contribution in [2.45, 2.75) is 32.8 Å². The molecule has 0 fully saturated rings. The molecule has 1 aromatic heterocycles. The molecule has 0 saturated carbocycles. The molecule has 0 saturated heterocycles. The van der Waals surface area contributed by atoms with Crippen molar-refractivity contribution in [2.24, 2.45) is 0 Å². The Balaban J connectivity index is 2.29. The summed E-state index contributed by atoms with van der Waals surface area (Å²) in [5.74, 6) is 0.745. The number of aliphatic hydroxyl groups excluding tert-OH is 1. The summed E-state index contributed by atoms with van der Waals surface area (Å²) in [6.45, 7) is 6.27. The molecule has 0 radical (unpaired) electrons. The number of aromatic nitrogens is 2. The van der Waals surface area contributed by atoms with Crippen LogP contribution in [0.2, 0.25) is 0 Å². The van der Waals surface area contributed by atoms with Crippen molar-refractivity contribution in [3.05, 3.63) is 35.7 Å². The van der Waals surface area contributed by atoms with Gasteiger partial charge >= 0.3 is 0 Å². The van der Waals surface area contributed by atoms with E-state index >= 15 is 0 Å². The summed E-state index contributed by atoms with van der Waals surface area (Å²) in [6, 6.07) is 8.05. The van der Waals surface area contributed by atoms with E-state index in [0.717, 1.165) is 5.56 Å².